The predicted octanol–water partition coefficient (Wildman–Crippen LogP) is 1.21. The van der Waals surface area contributed by atoms with Gasteiger partial charge in [0.2, 0.25) is 0 Å². The molecule has 15 heavy (non-hydrogen) atoms. The fourth-order valence-electron chi connectivity index (χ4n) is 2.67. The van der Waals surface area contributed by atoms with Crippen LogP contribution in [0.3, 0.4) is 0 Å². The number of nitrogens with zero attached hydrogens (tertiary/aromatic N) is 1. The van der Waals surface area contributed by atoms with Gasteiger partial charge in [-0.3, -0.25) is 4.90 Å². The summed E-state index contributed by atoms with van der Waals surface area (Å²) in [4.78, 5) is 2.42. The summed E-state index contributed by atoms with van der Waals surface area (Å²) in [7, 11) is 0. The number of likely N-dealkylation sites (N-methyl/N-ethyl adjacent to an activating group) is 1. The number of nitrogens with two attached hydrogens (primary N) is 1. The van der Waals surface area contributed by atoms with Gasteiger partial charge in [-0.1, -0.05) is 20.3 Å². The first kappa shape index (κ1) is 12.9. The molecule has 90 valence electrons. The third-order valence-corrected chi connectivity index (χ3v) is 3.71. The van der Waals surface area contributed by atoms with Gasteiger partial charge >= 0.3 is 0 Å². The average molecular weight is 214 g/mol. The standard InChI is InChI=1S/C12H26N2O/c1-3-11(15)9-14(4-2)12-7-5-6-10(12)8-13/h10-12,15H,3-9,13H2,1-2H3. The molecular formula is C12H26N2O. The summed E-state index contributed by atoms with van der Waals surface area (Å²) in [6.07, 6.45) is 4.48. The first-order chi connectivity index (χ1) is 7.22. The van der Waals surface area contributed by atoms with Crippen molar-refractivity contribution in [2.75, 3.05) is 19.6 Å². The van der Waals surface area contributed by atoms with Crippen LogP contribution in [-0.4, -0.2) is 41.8 Å². The van der Waals surface area contributed by atoms with Crippen molar-refractivity contribution < 1.29 is 5.11 Å². The van der Waals surface area contributed by atoms with Crippen molar-refractivity contribution in [1.82, 2.24) is 4.90 Å². The van der Waals surface area contributed by atoms with Gasteiger partial charge in [0.25, 0.3) is 0 Å². The van der Waals surface area contributed by atoms with Crippen LogP contribution in [0.5, 0.6) is 0 Å². The van der Waals surface area contributed by atoms with E-state index < -0.39 is 0 Å². The third-order valence-electron chi connectivity index (χ3n) is 3.71. The van der Waals surface area contributed by atoms with Gasteiger partial charge in [-0.05, 0) is 38.3 Å². The highest BCUT2D eigenvalue weighted by atomic mass is 16.3. The molecule has 0 radical (unpaired) electrons. The van der Waals surface area contributed by atoms with E-state index in [1.165, 1.54) is 19.3 Å². The highest BCUT2D eigenvalue weighted by Gasteiger charge is 2.30. The van der Waals surface area contributed by atoms with Gasteiger partial charge in [0.1, 0.15) is 0 Å². The Balaban J connectivity index is 2.49. The molecule has 0 bridgehead atoms. The molecule has 0 heterocycles. The Labute approximate surface area is 93.6 Å². The molecule has 0 aromatic carbocycles. The van der Waals surface area contributed by atoms with Gasteiger partial charge in [-0.25, -0.2) is 0 Å². The van der Waals surface area contributed by atoms with Crippen molar-refractivity contribution in [1.29, 1.82) is 0 Å². The predicted molar refractivity (Wildman–Crippen MR) is 63.7 cm³/mol. The highest BCUT2D eigenvalue weighted by molar-refractivity contribution is 4.86. The Morgan fingerprint density at radius 2 is 2.13 bits per heavy atom. The molecule has 1 aliphatic carbocycles. The zero-order chi connectivity index (χ0) is 11.3. The molecular weight excluding hydrogens is 188 g/mol. The van der Waals surface area contributed by atoms with Crippen molar-refractivity contribution in [3.05, 3.63) is 0 Å². The Morgan fingerprint density at radius 1 is 1.40 bits per heavy atom. The molecule has 3 N–H and O–H groups in total. The lowest BCUT2D eigenvalue weighted by Gasteiger charge is -2.33. The minimum atomic E-state index is -0.177. The molecule has 3 heteroatoms. The average Bonchev–Trinajstić information content (AvgIpc) is 2.73. The van der Waals surface area contributed by atoms with Crippen LogP contribution in [0.15, 0.2) is 0 Å². The van der Waals surface area contributed by atoms with Gasteiger partial charge in [0.05, 0.1) is 6.10 Å². The lowest BCUT2D eigenvalue weighted by Crippen LogP contribution is -2.43. The molecule has 1 rings (SSSR count). The Bertz CT molecular complexity index is 175. The third kappa shape index (κ3) is 3.44. The maximum Gasteiger partial charge on any atom is 0.0664 e. The van der Waals surface area contributed by atoms with E-state index in [2.05, 4.69) is 11.8 Å². The van der Waals surface area contributed by atoms with E-state index >= 15 is 0 Å². The zero-order valence-corrected chi connectivity index (χ0v) is 10.2. The number of aliphatic hydroxyl groups excluding tert-OH is 1. The van der Waals surface area contributed by atoms with Crippen LogP contribution >= 0.6 is 0 Å². The van der Waals surface area contributed by atoms with Crippen molar-refractivity contribution in [3.8, 4) is 0 Å². The van der Waals surface area contributed by atoms with Crippen molar-refractivity contribution >= 4 is 0 Å². The van der Waals surface area contributed by atoms with Crippen LogP contribution in [0.4, 0.5) is 0 Å². The normalized spacial score (nSPS) is 28.6. The van der Waals surface area contributed by atoms with Crippen LogP contribution in [0.1, 0.15) is 39.5 Å². The Morgan fingerprint density at radius 3 is 2.67 bits per heavy atom. The number of rotatable bonds is 6. The molecule has 1 saturated carbocycles. The van der Waals surface area contributed by atoms with Gasteiger partial charge in [-0.15, -0.1) is 0 Å². The van der Waals surface area contributed by atoms with Crippen LogP contribution in [0.25, 0.3) is 0 Å². The van der Waals surface area contributed by atoms with E-state index in [-0.39, 0.29) is 6.10 Å². The first-order valence-corrected chi connectivity index (χ1v) is 6.35. The molecule has 3 atom stereocenters. The van der Waals surface area contributed by atoms with Crippen LogP contribution in [-0.2, 0) is 0 Å². The lowest BCUT2D eigenvalue weighted by atomic mass is 10.0. The summed E-state index contributed by atoms with van der Waals surface area (Å²) in [5.74, 6) is 0.647. The molecule has 0 spiro atoms. The molecule has 3 unspecified atom stereocenters. The number of hydrogen-bond acceptors (Lipinski definition) is 3. The van der Waals surface area contributed by atoms with E-state index in [0.717, 1.165) is 26.1 Å². The Kier molecular flexibility index (Phi) is 5.58. The number of hydrogen-bond donors (Lipinski definition) is 2. The molecule has 0 saturated heterocycles. The van der Waals surface area contributed by atoms with Crippen molar-refractivity contribution in [2.45, 2.75) is 51.7 Å². The smallest absolute Gasteiger partial charge is 0.0664 e. The van der Waals surface area contributed by atoms with Gasteiger partial charge in [-0.2, -0.15) is 0 Å². The van der Waals surface area contributed by atoms with E-state index in [1.807, 2.05) is 6.92 Å². The molecule has 0 aromatic rings. The van der Waals surface area contributed by atoms with Crippen LogP contribution in [0, 0.1) is 5.92 Å². The Hall–Kier alpha value is -0.120. The molecule has 0 amide bonds. The van der Waals surface area contributed by atoms with Crippen molar-refractivity contribution in [2.24, 2.45) is 11.7 Å². The highest BCUT2D eigenvalue weighted by Crippen LogP contribution is 2.29. The summed E-state index contributed by atoms with van der Waals surface area (Å²) in [5, 5.41) is 9.71. The van der Waals surface area contributed by atoms with Crippen LogP contribution < -0.4 is 5.73 Å². The molecule has 3 nitrogen and oxygen atoms in total. The second kappa shape index (κ2) is 6.46. The maximum absolute atomic E-state index is 9.71. The summed E-state index contributed by atoms with van der Waals surface area (Å²) >= 11 is 0. The van der Waals surface area contributed by atoms with E-state index in [9.17, 15) is 5.11 Å². The quantitative estimate of drug-likeness (QED) is 0.698. The largest absolute Gasteiger partial charge is 0.392 e. The molecule has 0 aliphatic heterocycles. The molecule has 1 aliphatic rings. The topological polar surface area (TPSA) is 49.5 Å². The fraction of sp³-hybridized carbons (Fsp3) is 1.00. The lowest BCUT2D eigenvalue weighted by molar-refractivity contribution is 0.0761. The zero-order valence-electron chi connectivity index (χ0n) is 10.2. The summed E-state index contributed by atoms with van der Waals surface area (Å²) in [5.41, 5.74) is 5.79. The maximum atomic E-state index is 9.71. The fourth-order valence-corrected chi connectivity index (χ4v) is 2.67. The SMILES string of the molecule is CCC(O)CN(CC)C1CCCC1CN. The van der Waals surface area contributed by atoms with Gasteiger partial charge < -0.3 is 10.8 Å². The van der Waals surface area contributed by atoms with Gasteiger partial charge in [0, 0.05) is 12.6 Å². The van der Waals surface area contributed by atoms with Crippen molar-refractivity contribution in [3.63, 3.8) is 0 Å². The van der Waals surface area contributed by atoms with E-state index in [4.69, 9.17) is 5.73 Å². The second-order valence-electron chi connectivity index (χ2n) is 4.64. The second-order valence-corrected chi connectivity index (χ2v) is 4.64. The first-order valence-electron chi connectivity index (χ1n) is 6.35. The minimum Gasteiger partial charge on any atom is -0.392 e. The molecule has 1 fully saturated rings. The van der Waals surface area contributed by atoms with Gasteiger partial charge in [0.15, 0.2) is 0 Å². The monoisotopic (exact) mass is 214 g/mol. The number of aliphatic hydroxyl groups is 1. The molecule has 0 aromatic heterocycles. The van der Waals surface area contributed by atoms with E-state index in [0.29, 0.717) is 12.0 Å². The summed E-state index contributed by atoms with van der Waals surface area (Å²) in [6, 6.07) is 0.612. The summed E-state index contributed by atoms with van der Waals surface area (Å²) in [6.45, 7) is 6.84. The van der Waals surface area contributed by atoms with E-state index in [1.54, 1.807) is 0 Å². The summed E-state index contributed by atoms with van der Waals surface area (Å²) < 4.78 is 0. The van der Waals surface area contributed by atoms with Crippen LogP contribution in [0.2, 0.25) is 0 Å². The minimum absolute atomic E-state index is 0.177.